The van der Waals surface area contributed by atoms with Gasteiger partial charge in [0.25, 0.3) is 0 Å². The number of carbonyl (C=O) groups excluding carboxylic acids is 1. The summed E-state index contributed by atoms with van der Waals surface area (Å²) >= 11 is 0. The third kappa shape index (κ3) is 0.814. The summed E-state index contributed by atoms with van der Waals surface area (Å²) in [4.78, 5) is 12.7. The highest BCUT2D eigenvalue weighted by molar-refractivity contribution is 6.00. The van der Waals surface area contributed by atoms with E-state index in [4.69, 9.17) is 9.47 Å². The van der Waals surface area contributed by atoms with Crippen LogP contribution in [0.2, 0.25) is 0 Å². The second kappa shape index (κ2) is 2.63. The van der Waals surface area contributed by atoms with Crippen molar-refractivity contribution in [3.8, 4) is 0 Å². The van der Waals surface area contributed by atoms with Crippen LogP contribution in [0, 0.1) is 10.8 Å². The quantitative estimate of drug-likeness (QED) is 0.627. The fraction of sp³-hybridized carbons (Fsp3) is 0.769. The fourth-order valence-corrected chi connectivity index (χ4v) is 3.81. The summed E-state index contributed by atoms with van der Waals surface area (Å²) in [5, 5.41) is 0. The number of Topliss-reactive ketones (excluding diaryl/α,β-unsaturated/α-hetero) is 1. The first-order chi connectivity index (χ1) is 7.80. The van der Waals surface area contributed by atoms with E-state index in [0.29, 0.717) is 19.0 Å². The van der Waals surface area contributed by atoms with E-state index in [9.17, 15) is 4.79 Å². The van der Waals surface area contributed by atoms with Crippen molar-refractivity contribution in [3.05, 3.63) is 11.5 Å². The maximum Gasteiger partial charge on any atom is 0.160 e. The second-order valence-electron chi connectivity index (χ2n) is 5.56. The highest BCUT2D eigenvalue weighted by atomic mass is 16.6. The molecule has 0 amide bonds. The minimum absolute atomic E-state index is 0.236. The molecule has 0 N–H and O–H groups in total. The van der Waals surface area contributed by atoms with Crippen LogP contribution in [0.25, 0.3) is 0 Å². The largest absolute Gasteiger partial charge is 0.490 e. The Labute approximate surface area is 94.8 Å². The van der Waals surface area contributed by atoms with E-state index >= 15 is 0 Å². The van der Waals surface area contributed by atoms with Gasteiger partial charge in [-0.1, -0.05) is 12.8 Å². The van der Waals surface area contributed by atoms with Gasteiger partial charge in [0.2, 0.25) is 0 Å². The van der Waals surface area contributed by atoms with E-state index in [0.717, 1.165) is 50.0 Å². The molecule has 0 saturated heterocycles. The van der Waals surface area contributed by atoms with Crippen LogP contribution >= 0.6 is 0 Å². The Morgan fingerprint density at radius 3 is 1.81 bits per heavy atom. The molecule has 2 spiro atoms. The second-order valence-corrected chi connectivity index (χ2v) is 5.56. The lowest BCUT2D eigenvalue weighted by Gasteiger charge is -2.27. The molecule has 4 rings (SSSR count). The van der Waals surface area contributed by atoms with Gasteiger partial charge in [0.15, 0.2) is 5.78 Å². The normalized spacial score (nSPS) is 32.9. The zero-order valence-corrected chi connectivity index (χ0v) is 9.38. The van der Waals surface area contributed by atoms with Gasteiger partial charge < -0.3 is 9.47 Å². The first-order valence-electron chi connectivity index (χ1n) is 6.35. The van der Waals surface area contributed by atoms with E-state index in [1.807, 2.05) is 0 Å². The SMILES string of the molecule is O=C1C2(CCCC2)C2=C(OCCO2)C12CC2. The molecule has 86 valence electrons. The maximum atomic E-state index is 12.7. The van der Waals surface area contributed by atoms with Crippen LogP contribution in [0.1, 0.15) is 38.5 Å². The van der Waals surface area contributed by atoms with E-state index in [1.165, 1.54) is 0 Å². The summed E-state index contributed by atoms with van der Waals surface area (Å²) in [6, 6.07) is 0. The van der Waals surface area contributed by atoms with Gasteiger partial charge in [0, 0.05) is 0 Å². The minimum atomic E-state index is -0.272. The molecular weight excluding hydrogens is 204 g/mol. The van der Waals surface area contributed by atoms with Crippen LogP contribution in [0.4, 0.5) is 0 Å². The zero-order chi connectivity index (χ0) is 10.8. The van der Waals surface area contributed by atoms with Crippen molar-refractivity contribution in [2.75, 3.05) is 13.2 Å². The third-order valence-corrected chi connectivity index (χ3v) is 4.73. The average molecular weight is 220 g/mol. The first-order valence-corrected chi connectivity index (χ1v) is 6.35. The number of ketones is 1. The van der Waals surface area contributed by atoms with Crippen LogP contribution in [0.15, 0.2) is 11.5 Å². The molecule has 3 nitrogen and oxygen atoms in total. The van der Waals surface area contributed by atoms with Crippen molar-refractivity contribution in [1.29, 1.82) is 0 Å². The molecular formula is C13H16O3. The number of carbonyl (C=O) groups is 1. The lowest BCUT2D eigenvalue weighted by atomic mass is 9.80. The predicted molar refractivity (Wildman–Crippen MR) is 56.5 cm³/mol. The van der Waals surface area contributed by atoms with Crippen molar-refractivity contribution < 1.29 is 14.3 Å². The van der Waals surface area contributed by atoms with Gasteiger partial charge in [0.05, 0.1) is 10.8 Å². The van der Waals surface area contributed by atoms with Gasteiger partial charge in [-0.25, -0.2) is 0 Å². The molecule has 4 aliphatic rings. The topological polar surface area (TPSA) is 35.5 Å². The molecule has 0 atom stereocenters. The molecule has 0 aromatic heterocycles. The Balaban J connectivity index is 1.89. The zero-order valence-electron chi connectivity index (χ0n) is 9.38. The molecule has 0 bridgehead atoms. The van der Waals surface area contributed by atoms with E-state index in [2.05, 4.69) is 0 Å². The molecule has 3 heteroatoms. The number of rotatable bonds is 0. The van der Waals surface area contributed by atoms with Gasteiger partial charge in [-0.05, 0) is 25.7 Å². The lowest BCUT2D eigenvalue weighted by Crippen LogP contribution is -2.30. The molecule has 3 aliphatic carbocycles. The van der Waals surface area contributed by atoms with Crippen molar-refractivity contribution in [1.82, 2.24) is 0 Å². The highest BCUT2D eigenvalue weighted by Crippen LogP contribution is 2.68. The van der Waals surface area contributed by atoms with E-state index < -0.39 is 0 Å². The van der Waals surface area contributed by atoms with Crippen LogP contribution in [0.3, 0.4) is 0 Å². The molecule has 0 aromatic rings. The van der Waals surface area contributed by atoms with Crippen LogP contribution in [-0.4, -0.2) is 19.0 Å². The fourth-order valence-electron chi connectivity index (χ4n) is 3.81. The standard InChI is InChI=1S/C13H16O3/c14-11-12(3-1-2-4-12)9-10(13(11)5-6-13)16-8-7-15-9/h1-8H2. The first kappa shape index (κ1) is 9.08. The number of fused-ring (bicyclic) bond motifs is 2. The summed E-state index contributed by atoms with van der Waals surface area (Å²) in [5.74, 6) is 2.27. The molecule has 16 heavy (non-hydrogen) atoms. The van der Waals surface area contributed by atoms with Gasteiger partial charge in [0.1, 0.15) is 24.7 Å². The van der Waals surface area contributed by atoms with E-state index in [-0.39, 0.29) is 10.8 Å². The number of ether oxygens (including phenoxy) is 2. The summed E-state index contributed by atoms with van der Waals surface area (Å²) < 4.78 is 11.6. The van der Waals surface area contributed by atoms with Crippen LogP contribution in [-0.2, 0) is 14.3 Å². The van der Waals surface area contributed by atoms with Gasteiger partial charge in [-0.15, -0.1) is 0 Å². The molecule has 0 aromatic carbocycles. The molecule has 0 unspecified atom stereocenters. The minimum Gasteiger partial charge on any atom is -0.490 e. The van der Waals surface area contributed by atoms with Crippen molar-refractivity contribution >= 4 is 5.78 Å². The van der Waals surface area contributed by atoms with Gasteiger partial charge in [-0.2, -0.15) is 0 Å². The molecule has 0 radical (unpaired) electrons. The Morgan fingerprint density at radius 1 is 0.812 bits per heavy atom. The predicted octanol–water partition coefficient (Wildman–Crippen LogP) is 2.17. The van der Waals surface area contributed by atoms with E-state index in [1.54, 1.807) is 0 Å². The Kier molecular flexibility index (Phi) is 1.49. The highest BCUT2D eigenvalue weighted by Gasteiger charge is 2.70. The monoisotopic (exact) mass is 220 g/mol. The Morgan fingerprint density at radius 2 is 1.31 bits per heavy atom. The van der Waals surface area contributed by atoms with Crippen LogP contribution in [0.5, 0.6) is 0 Å². The molecule has 2 saturated carbocycles. The molecule has 1 aliphatic heterocycles. The van der Waals surface area contributed by atoms with Crippen molar-refractivity contribution in [2.24, 2.45) is 10.8 Å². The van der Waals surface area contributed by atoms with Crippen molar-refractivity contribution in [3.63, 3.8) is 0 Å². The summed E-state index contributed by atoms with van der Waals surface area (Å²) in [6.07, 6.45) is 6.24. The smallest absolute Gasteiger partial charge is 0.160 e. The van der Waals surface area contributed by atoms with Gasteiger partial charge in [-0.3, -0.25) is 4.79 Å². The Hall–Kier alpha value is -0.990. The molecule has 1 heterocycles. The summed E-state index contributed by atoms with van der Waals surface area (Å²) in [7, 11) is 0. The number of allylic oxidation sites excluding steroid dienone is 2. The van der Waals surface area contributed by atoms with Crippen LogP contribution < -0.4 is 0 Å². The summed E-state index contributed by atoms with van der Waals surface area (Å²) in [6.45, 7) is 1.23. The lowest BCUT2D eigenvalue weighted by molar-refractivity contribution is -0.130. The third-order valence-electron chi connectivity index (χ3n) is 4.73. The van der Waals surface area contributed by atoms with Gasteiger partial charge >= 0.3 is 0 Å². The average Bonchev–Trinajstić information content (AvgIpc) is 2.93. The number of hydrogen-bond donors (Lipinski definition) is 0. The number of hydrogen-bond acceptors (Lipinski definition) is 3. The summed E-state index contributed by atoms with van der Waals surface area (Å²) in [5.41, 5.74) is -0.508. The molecule has 2 fully saturated rings. The Bertz CT molecular complexity index is 397. The van der Waals surface area contributed by atoms with Crippen molar-refractivity contribution in [2.45, 2.75) is 38.5 Å². The maximum absolute atomic E-state index is 12.7.